The number of hydrogen-bond acceptors (Lipinski definition) is 6. The minimum absolute atomic E-state index is 0.0763. The molecule has 1 N–H and O–H groups in total. The van der Waals surface area contributed by atoms with Crippen molar-refractivity contribution in [2.24, 2.45) is 0 Å². The maximum absolute atomic E-state index is 6.67. The maximum Gasteiger partial charge on any atom is 0.226 e. The van der Waals surface area contributed by atoms with Crippen molar-refractivity contribution in [3.63, 3.8) is 0 Å². The van der Waals surface area contributed by atoms with Gasteiger partial charge in [0.15, 0.2) is 0 Å². The van der Waals surface area contributed by atoms with Gasteiger partial charge in [-0.15, -0.1) is 23.1 Å². The predicted molar refractivity (Wildman–Crippen MR) is 126 cm³/mol. The standard InChI is InChI=1S/C24H20N4OS2/c1-14-5-10-18-17(12-14)21-20(23(29-18)15-6-8-16(30-2)9-7-15)22(19-4-3-11-31-19)28-24(27-21)25-13-26-28/h3-13,22-23H,1-2H3,(H,25,26,27). The number of aromatic nitrogens is 3. The van der Waals surface area contributed by atoms with Crippen molar-refractivity contribution in [1.82, 2.24) is 14.8 Å². The summed E-state index contributed by atoms with van der Waals surface area (Å²) in [6.07, 6.45) is 3.48. The van der Waals surface area contributed by atoms with Gasteiger partial charge in [-0.1, -0.05) is 29.8 Å². The number of rotatable bonds is 3. The van der Waals surface area contributed by atoms with Crippen molar-refractivity contribution >= 4 is 34.7 Å². The molecule has 2 unspecified atom stereocenters. The molecule has 7 heteroatoms. The molecule has 4 heterocycles. The van der Waals surface area contributed by atoms with E-state index in [0.29, 0.717) is 0 Å². The van der Waals surface area contributed by atoms with Gasteiger partial charge in [-0.25, -0.2) is 4.68 Å². The first kappa shape index (κ1) is 18.7. The highest BCUT2D eigenvalue weighted by atomic mass is 32.2. The lowest BCUT2D eigenvalue weighted by atomic mass is 9.86. The average molecular weight is 445 g/mol. The van der Waals surface area contributed by atoms with Crippen LogP contribution in [0.5, 0.6) is 5.75 Å². The van der Waals surface area contributed by atoms with Gasteiger partial charge in [-0.3, -0.25) is 0 Å². The predicted octanol–water partition coefficient (Wildman–Crippen LogP) is 5.93. The molecule has 2 aromatic heterocycles. The van der Waals surface area contributed by atoms with Crippen LogP contribution >= 0.6 is 23.1 Å². The van der Waals surface area contributed by atoms with Gasteiger partial charge in [0.1, 0.15) is 24.2 Å². The van der Waals surface area contributed by atoms with Crippen LogP contribution in [-0.2, 0) is 0 Å². The summed E-state index contributed by atoms with van der Waals surface area (Å²) < 4.78 is 8.64. The van der Waals surface area contributed by atoms with Gasteiger partial charge in [-0.05, 0) is 54.5 Å². The van der Waals surface area contributed by atoms with E-state index in [4.69, 9.17) is 4.74 Å². The van der Waals surface area contributed by atoms with E-state index >= 15 is 0 Å². The highest BCUT2D eigenvalue weighted by Gasteiger charge is 2.41. The Hall–Kier alpha value is -3.03. The summed E-state index contributed by atoms with van der Waals surface area (Å²) in [7, 11) is 0. The minimum Gasteiger partial charge on any atom is -0.480 e. The number of benzene rings is 2. The van der Waals surface area contributed by atoms with E-state index in [1.807, 2.05) is 4.68 Å². The van der Waals surface area contributed by atoms with E-state index in [-0.39, 0.29) is 12.1 Å². The first-order chi connectivity index (χ1) is 15.2. The zero-order valence-corrected chi connectivity index (χ0v) is 18.7. The number of thiophene rings is 1. The second-order valence-electron chi connectivity index (χ2n) is 7.67. The lowest BCUT2D eigenvalue weighted by Crippen LogP contribution is -2.32. The third-order valence-corrected chi connectivity index (χ3v) is 7.47. The Kier molecular flexibility index (Phi) is 4.40. The van der Waals surface area contributed by atoms with E-state index in [0.717, 1.165) is 34.1 Å². The number of thioether (sulfide) groups is 1. The lowest BCUT2D eigenvalue weighted by Gasteiger charge is -2.38. The summed E-state index contributed by atoms with van der Waals surface area (Å²) in [5.74, 6) is 1.64. The average Bonchev–Trinajstić information content (AvgIpc) is 3.49. The number of nitrogens with zero attached hydrogens (tertiary/aromatic N) is 3. The fourth-order valence-electron chi connectivity index (χ4n) is 4.36. The quantitative estimate of drug-likeness (QED) is 0.397. The molecule has 5 nitrogen and oxygen atoms in total. The van der Waals surface area contributed by atoms with E-state index in [1.54, 1.807) is 29.4 Å². The van der Waals surface area contributed by atoms with Gasteiger partial charge in [0.05, 0.1) is 5.70 Å². The third-order valence-electron chi connectivity index (χ3n) is 5.80. The molecule has 2 aliphatic heterocycles. The van der Waals surface area contributed by atoms with Crippen molar-refractivity contribution in [2.45, 2.75) is 24.0 Å². The van der Waals surface area contributed by atoms with Crippen molar-refractivity contribution in [3.05, 3.63) is 93.4 Å². The van der Waals surface area contributed by atoms with Gasteiger partial charge in [0.25, 0.3) is 0 Å². The van der Waals surface area contributed by atoms with Gasteiger partial charge >= 0.3 is 0 Å². The van der Waals surface area contributed by atoms with Gasteiger partial charge < -0.3 is 10.1 Å². The molecule has 31 heavy (non-hydrogen) atoms. The molecule has 2 aliphatic rings. The Morgan fingerprint density at radius 1 is 1.13 bits per heavy atom. The summed E-state index contributed by atoms with van der Waals surface area (Å²) >= 11 is 3.47. The van der Waals surface area contributed by atoms with E-state index in [9.17, 15) is 0 Å². The van der Waals surface area contributed by atoms with Crippen molar-refractivity contribution < 1.29 is 4.74 Å². The van der Waals surface area contributed by atoms with Gasteiger partial charge in [0.2, 0.25) is 5.95 Å². The molecule has 0 radical (unpaired) electrons. The molecule has 0 aliphatic carbocycles. The third kappa shape index (κ3) is 2.99. The van der Waals surface area contributed by atoms with Crippen LogP contribution in [0.3, 0.4) is 0 Å². The summed E-state index contributed by atoms with van der Waals surface area (Å²) in [6.45, 7) is 2.11. The Labute approximate surface area is 188 Å². The van der Waals surface area contributed by atoms with Crippen LogP contribution in [0.25, 0.3) is 5.70 Å². The van der Waals surface area contributed by atoms with Crippen molar-refractivity contribution in [1.29, 1.82) is 0 Å². The smallest absolute Gasteiger partial charge is 0.226 e. The van der Waals surface area contributed by atoms with Gasteiger partial charge in [-0.2, -0.15) is 10.1 Å². The molecule has 6 rings (SSSR count). The molecule has 2 aromatic carbocycles. The molecule has 4 aromatic rings. The zero-order chi connectivity index (χ0) is 20.9. The Bertz CT molecular complexity index is 1290. The first-order valence-electron chi connectivity index (χ1n) is 10.1. The lowest BCUT2D eigenvalue weighted by molar-refractivity contribution is 0.223. The molecule has 0 spiro atoms. The minimum atomic E-state index is -0.224. The number of ether oxygens (including phenoxy) is 1. The van der Waals surface area contributed by atoms with E-state index < -0.39 is 0 Å². The second kappa shape index (κ2) is 7.28. The SMILES string of the molecule is CSc1ccc(C2Oc3ccc(C)cc3C3=C2C(c2cccs2)n2ncnc2N3)cc1. The molecular weight excluding hydrogens is 424 g/mol. The molecule has 0 bridgehead atoms. The molecule has 0 saturated carbocycles. The number of fused-ring (bicyclic) bond motifs is 3. The largest absolute Gasteiger partial charge is 0.480 e. The summed E-state index contributed by atoms with van der Waals surface area (Å²) in [4.78, 5) is 6.94. The summed E-state index contributed by atoms with van der Waals surface area (Å²) in [5.41, 5.74) is 5.63. The number of hydrogen-bond donors (Lipinski definition) is 1. The monoisotopic (exact) mass is 444 g/mol. The van der Waals surface area contributed by atoms with Crippen LogP contribution in [0, 0.1) is 6.92 Å². The summed E-state index contributed by atoms with van der Waals surface area (Å²) in [5, 5.41) is 10.2. The van der Waals surface area contributed by atoms with Crippen molar-refractivity contribution in [2.75, 3.05) is 11.6 Å². The summed E-state index contributed by atoms with van der Waals surface area (Å²) in [6, 6.07) is 19.2. The maximum atomic E-state index is 6.67. The molecule has 2 atom stereocenters. The Morgan fingerprint density at radius 2 is 2.00 bits per heavy atom. The molecule has 154 valence electrons. The zero-order valence-electron chi connectivity index (χ0n) is 17.1. The van der Waals surface area contributed by atoms with E-state index in [1.165, 1.54) is 15.3 Å². The highest BCUT2D eigenvalue weighted by molar-refractivity contribution is 7.98. The fourth-order valence-corrected chi connectivity index (χ4v) is 5.59. The van der Waals surface area contributed by atoms with Crippen LogP contribution < -0.4 is 10.1 Å². The number of nitrogens with one attached hydrogen (secondary N) is 1. The van der Waals surface area contributed by atoms with Crippen LogP contribution in [0.2, 0.25) is 0 Å². The van der Waals surface area contributed by atoms with Gasteiger partial charge in [0, 0.05) is 20.9 Å². The molecular formula is C24H20N4OS2. The number of aryl methyl sites for hydroxylation is 1. The van der Waals surface area contributed by atoms with Crippen LogP contribution in [-0.4, -0.2) is 21.0 Å². The first-order valence-corrected chi connectivity index (χ1v) is 12.2. The molecule has 0 fully saturated rings. The number of anilines is 1. The Morgan fingerprint density at radius 3 is 2.77 bits per heavy atom. The van der Waals surface area contributed by atoms with Crippen molar-refractivity contribution in [3.8, 4) is 5.75 Å². The molecule has 0 saturated heterocycles. The highest BCUT2D eigenvalue weighted by Crippen LogP contribution is 2.51. The van der Waals surface area contributed by atoms with Crippen LogP contribution in [0.1, 0.15) is 33.7 Å². The normalized spacial score (nSPS) is 19.2. The topological polar surface area (TPSA) is 52.0 Å². The van der Waals surface area contributed by atoms with Crippen LogP contribution in [0.4, 0.5) is 5.95 Å². The van der Waals surface area contributed by atoms with E-state index in [2.05, 4.69) is 88.6 Å². The molecule has 0 amide bonds. The fraction of sp³-hybridized carbons (Fsp3) is 0.167. The second-order valence-corrected chi connectivity index (χ2v) is 9.53. The van der Waals surface area contributed by atoms with Crippen LogP contribution in [0.15, 0.2) is 76.8 Å². The Balaban J connectivity index is 1.61.